The first-order chi connectivity index (χ1) is 15.0. The van der Waals surface area contributed by atoms with Crippen molar-refractivity contribution in [1.82, 2.24) is 35.1 Å². The molecule has 6 N–H and O–H groups in total. The molecule has 12 nitrogen and oxygen atoms in total. The number of ether oxygens (including phenoxy) is 1. The Balaban J connectivity index is 1.58. The molecule has 12 heteroatoms. The molecule has 2 aromatic rings. The van der Waals surface area contributed by atoms with Gasteiger partial charge in [0.15, 0.2) is 23.8 Å². The topological polar surface area (TPSA) is 164 Å². The zero-order valence-corrected chi connectivity index (χ0v) is 17.2. The molecule has 2 aliphatic rings. The molecule has 2 fully saturated rings. The number of carbonyl (C=O) groups excluding carboxylic acids is 1. The summed E-state index contributed by atoms with van der Waals surface area (Å²) in [5.74, 6) is 5.84. The second-order valence-electron chi connectivity index (χ2n) is 7.41. The smallest absolute Gasteiger partial charge is 0.252 e. The Kier molecular flexibility index (Phi) is 6.30. The third-order valence-corrected chi connectivity index (χ3v) is 5.28. The van der Waals surface area contributed by atoms with Crippen molar-refractivity contribution in [2.24, 2.45) is 0 Å². The summed E-state index contributed by atoms with van der Waals surface area (Å²) in [5, 5.41) is 26.6. The standard InChI is InChI=1S/C19H26N8O4/c1-2-22-18(30)15-13(28)14(29)19(31-15)27-10-23-12-16(20)24-11(25-17(12)27)4-3-7-26-8-5-21-6-9-26/h10,13-15,19,21,28-29H,2,5-9H2,1H3,(H,22,30)(H2,20,24,25)/t13?,14?,15-,19+/m0/s1. The van der Waals surface area contributed by atoms with Gasteiger partial charge in [0.1, 0.15) is 17.7 Å². The Bertz CT molecular complexity index is 1010. The fraction of sp³-hybridized carbons (Fsp3) is 0.579. The SMILES string of the molecule is CCNC(=O)[C@H]1O[C@@H](n2cnc3c(N)nc(C#CCN4CCNCC4)nc32)C(O)C1O. The lowest BCUT2D eigenvalue weighted by Gasteiger charge is -2.24. The number of nitrogens with two attached hydrogens (primary N) is 1. The van der Waals surface area contributed by atoms with Crippen molar-refractivity contribution in [2.75, 3.05) is 45.0 Å². The van der Waals surface area contributed by atoms with Crippen LogP contribution in [-0.2, 0) is 9.53 Å². The van der Waals surface area contributed by atoms with Gasteiger partial charge in [0.05, 0.1) is 12.9 Å². The van der Waals surface area contributed by atoms with Crippen molar-refractivity contribution < 1.29 is 19.7 Å². The number of amides is 1. The van der Waals surface area contributed by atoms with Gasteiger partial charge in [0.25, 0.3) is 5.91 Å². The van der Waals surface area contributed by atoms with E-state index in [1.54, 1.807) is 6.92 Å². The summed E-state index contributed by atoms with van der Waals surface area (Å²) in [4.78, 5) is 27.2. The molecule has 0 saturated carbocycles. The molecule has 0 aliphatic carbocycles. The highest BCUT2D eigenvalue weighted by atomic mass is 16.6. The van der Waals surface area contributed by atoms with Gasteiger partial charge in [-0.15, -0.1) is 0 Å². The maximum Gasteiger partial charge on any atom is 0.252 e. The van der Waals surface area contributed by atoms with Crippen molar-refractivity contribution >= 4 is 22.9 Å². The third-order valence-electron chi connectivity index (χ3n) is 5.28. The third kappa shape index (κ3) is 4.32. The number of piperazine rings is 1. The van der Waals surface area contributed by atoms with E-state index in [4.69, 9.17) is 10.5 Å². The zero-order valence-electron chi connectivity index (χ0n) is 17.2. The number of carbonyl (C=O) groups is 1. The lowest BCUT2D eigenvalue weighted by atomic mass is 10.1. The molecule has 2 aliphatic heterocycles. The number of aliphatic hydroxyl groups excluding tert-OH is 2. The van der Waals surface area contributed by atoms with Gasteiger partial charge in [0.2, 0.25) is 5.82 Å². The number of imidazole rings is 1. The number of hydrogen-bond acceptors (Lipinski definition) is 10. The highest BCUT2D eigenvalue weighted by Crippen LogP contribution is 2.32. The number of hydrogen-bond donors (Lipinski definition) is 5. The van der Waals surface area contributed by atoms with Crippen LogP contribution in [0.25, 0.3) is 11.2 Å². The minimum Gasteiger partial charge on any atom is -0.387 e. The van der Waals surface area contributed by atoms with Gasteiger partial charge in [0, 0.05) is 32.7 Å². The summed E-state index contributed by atoms with van der Waals surface area (Å²) in [6.45, 7) is 6.44. The van der Waals surface area contributed by atoms with E-state index in [0.29, 0.717) is 24.3 Å². The predicted octanol–water partition coefficient (Wildman–Crippen LogP) is -2.58. The molecular formula is C19H26N8O4. The van der Waals surface area contributed by atoms with Gasteiger partial charge in [-0.2, -0.15) is 0 Å². The van der Waals surface area contributed by atoms with Gasteiger partial charge in [-0.05, 0) is 12.8 Å². The van der Waals surface area contributed by atoms with Crippen LogP contribution in [0.4, 0.5) is 5.82 Å². The van der Waals surface area contributed by atoms with Crippen LogP contribution in [0.5, 0.6) is 0 Å². The first kappa shape index (κ1) is 21.4. The summed E-state index contributed by atoms with van der Waals surface area (Å²) < 4.78 is 7.09. The van der Waals surface area contributed by atoms with Crippen LogP contribution >= 0.6 is 0 Å². The summed E-state index contributed by atoms with van der Waals surface area (Å²) in [6, 6.07) is 0. The van der Waals surface area contributed by atoms with Crippen molar-refractivity contribution in [3.63, 3.8) is 0 Å². The molecule has 4 heterocycles. The van der Waals surface area contributed by atoms with Gasteiger partial charge >= 0.3 is 0 Å². The second-order valence-corrected chi connectivity index (χ2v) is 7.41. The molecule has 4 rings (SSSR count). The van der Waals surface area contributed by atoms with Gasteiger partial charge in [-0.25, -0.2) is 15.0 Å². The Morgan fingerprint density at radius 1 is 1.35 bits per heavy atom. The molecule has 4 atom stereocenters. The minimum atomic E-state index is -1.40. The highest BCUT2D eigenvalue weighted by molar-refractivity contribution is 5.83. The lowest BCUT2D eigenvalue weighted by molar-refractivity contribution is -0.137. The molecule has 1 amide bonds. The van der Waals surface area contributed by atoms with E-state index in [2.05, 4.69) is 42.3 Å². The second kappa shape index (κ2) is 9.13. The van der Waals surface area contributed by atoms with Crippen molar-refractivity contribution in [3.8, 4) is 11.8 Å². The lowest BCUT2D eigenvalue weighted by Crippen LogP contribution is -2.43. The van der Waals surface area contributed by atoms with Crippen molar-refractivity contribution in [2.45, 2.75) is 31.5 Å². The molecule has 0 aromatic carbocycles. The number of nitrogens with zero attached hydrogens (tertiary/aromatic N) is 5. The predicted molar refractivity (Wildman–Crippen MR) is 111 cm³/mol. The first-order valence-electron chi connectivity index (χ1n) is 10.2. The number of nitrogen functional groups attached to an aromatic ring is 1. The molecule has 0 spiro atoms. The number of aromatic nitrogens is 4. The molecule has 0 radical (unpaired) electrons. The largest absolute Gasteiger partial charge is 0.387 e. The van der Waals surface area contributed by atoms with E-state index in [1.807, 2.05) is 0 Å². The number of fused-ring (bicyclic) bond motifs is 1. The number of likely N-dealkylation sites (N-methyl/N-ethyl adjacent to an activating group) is 1. The number of rotatable bonds is 4. The Morgan fingerprint density at radius 3 is 2.87 bits per heavy atom. The number of nitrogens with one attached hydrogen (secondary N) is 2. The summed E-state index contributed by atoms with van der Waals surface area (Å²) >= 11 is 0. The minimum absolute atomic E-state index is 0.142. The first-order valence-corrected chi connectivity index (χ1v) is 10.2. The normalized spacial score (nSPS) is 26.5. The highest BCUT2D eigenvalue weighted by Gasteiger charge is 2.47. The summed E-state index contributed by atoms with van der Waals surface area (Å²) in [7, 11) is 0. The maximum atomic E-state index is 12.1. The van der Waals surface area contributed by atoms with E-state index in [-0.39, 0.29) is 11.6 Å². The average Bonchev–Trinajstić information content (AvgIpc) is 3.31. The van der Waals surface area contributed by atoms with Crippen LogP contribution in [0.3, 0.4) is 0 Å². The van der Waals surface area contributed by atoms with E-state index < -0.39 is 30.4 Å². The van der Waals surface area contributed by atoms with Crippen LogP contribution in [0.2, 0.25) is 0 Å². The number of anilines is 1. The van der Waals surface area contributed by atoms with Crippen LogP contribution in [0.15, 0.2) is 6.33 Å². The molecular weight excluding hydrogens is 404 g/mol. The van der Waals surface area contributed by atoms with Crippen LogP contribution in [0, 0.1) is 11.8 Å². The van der Waals surface area contributed by atoms with Crippen LogP contribution < -0.4 is 16.4 Å². The van der Waals surface area contributed by atoms with Crippen LogP contribution in [-0.4, -0.2) is 98.1 Å². The Morgan fingerprint density at radius 2 is 2.13 bits per heavy atom. The van der Waals surface area contributed by atoms with Crippen LogP contribution in [0.1, 0.15) is 19.0 Å². The fourth-order valence-corrected chi connectivity index (χ4v) is 3.66. The monoisotopic (exact) mass is 430 g/mol. The zero-order chi connectivity index (χ0) is 22.0. The summed E-state index contributed by atoms with van der Waals surface area (Å²) in [6.07, 6.45) is -3.65. The number of aliphatic hydroxyl groups is 2. The molecule has 166 valence electrons. The molecule has 31 heavy (non-hydrogen) atoms. The molecule has 2 saturated heterocycles. The van der Waals surface area contributed by atoms with Crippen molar-refractivity contribution in [3.05, 3.63) is 12.2 Å². The summed E-state index contributed by atoms with van der Waals surface area (Å²) in [5.41, 5.74) is 6.65. The Hall–Kier alpha value is -2.82. The Labute approximate surface area is 178 Å². The van der Waals surface area contributed by atoms with Gasteiger partial charge in [-0.3, -0.25) is 14.3 Å². The molecule has 2 aromatic heterocycles. The van der Waals surface area contributed by atoms with Gasteiger partial charge < -0.3 is 31.3 Å². The quantitative estimate of drug-likeness (QED) is 0.326. The fourth-order valence-electron chi connectivity index (χ4n) is 3.66. The van der Waals surface area contributed by atoms with E-state index in [9.17, 15) is 15.0 Å². The molecule has 0 bridgehead atoms. The van der Waals surface area contributed by atoms with Gasteiger partial charge in [-0.1, -0.05) is 5.92 Å². The van der Waals surface area contributed by atoms with Crippen molar-refractivity contribution in [1.29, 1.82) is 0 Å². The van der Waals surface area contributed by atoms with E-state index in [0.717, 1.165) is 26.2 Å². The maximum absolute atomic E-state index is 12.1. The van der Waals surface area contributed by atoms with E-state index in [1.165, 1.54) is 10.9 Å². The molecule has 2 unspecified atom stereocenters. The van der Waals surface area contributed by atoms with E-state index >= 15 is 0 Å². The average molecular weight is 430 g/mol.